The van der Waals surface area contributed by atoms with Gasteiger partial charge in [-0.2, -0.15) is 0 Å². The number of piperazine rings is 1. The van der Waals surface area contributed by atoms with Crippen LogP contribution in [-0.4, -0.2) is 48.5 Å². The van der Waals surface area contributed by atoms with Crippen molar-refractivity contribution in [3.8, 4) is 5.75 Å². The van der Waals surface area contributed by atoms with Crippen LogP contribution in [0.1, 0.15) is 11.1 Å². The number of benzene rings is 2. The lowest BCUT2D eigenvalue weighted by Crippen LogP contribution is -2.49. The Morgan fingerprint density at radius 2 is 1.84 bits per heavy atom. The third-order valence-corrected chi connectivity index (χ3v) is 5.81. The number of hydrogen-bond acceptors (Lipinski definition) is 5. The molecule has 0 bridgehead atoms. The highest BCUT2D eigenvalue weighted by atomic mass is 35.5. The highest BCUT2D eigenvalue weighted by Crippen LogP contribution is 2.26. The van der Waals surface area contributed by atoms with E-state index in [0.29, 0.717) is 49.1 Å². The number of carbonyl (C=O) groups excluding carboxylic acids is 1. The van der Waals surface area contributed by atoms with E-state index in [9.17, 15) is 14.0 Å². The smallest absolute Gasteiger partial charge is 0.336 e. The van der Waals surface area contributed by atoms with E-state index in [1.54, 1.807) is 11.0 Å². The SMILES string of the molecule is Cc1cc2oc(=O)cc(CN3CCN(C(=O)COc4ccc(F)cc4)CC3)c2cc1Cl. The summed E-state index contributed by atoms with van der Waals surface area (Å²) >= 11 is 6.27. The number of aryl methyl sites for hydroxylation is 1. The summed E-state index contributed by atoms with van der Waals surface area (Å²) in [6, 6.07) is 10.7. The number of carbonyl (C=O) groups is 1. The maximum absolute atomic E-state index is 13.0. The van der Waals surface area contributed by atoms with Gasteiger partial charge in [0.2, 0.25) is 0 Å². The molecule has 0 spiro atoms. The minimum Gasteiger partial charge on any atom is -0.484 e. The van der Waals surface area contributed by atoms with Crippen LogP contribution in [0, 0.1) is 12.7 Å². The minimum atomic E-state index is -0.393. The molecular formula is C23H22ClFN2O4. The first-order chi connectivity index (χ1) is 14.9. The van der Waals surface area contributed by atoms with Gasteiger partial charge in [0.25, 0.3) is 5.91 Å². The molecule has 6 nitrogen and oxygen atoms in total. The van der Waals surface area contributed by atoms with Gasteiger partial charge in [-0.3, -0.25) is 9.69 Å². The number of halogens is 2. The molecule has 0 unspecified atom stereocenters. The summed E-state index contributed by atoms with van der Waals surface area (Å²) in [4.78, 5) is 28.4. The standard InChI is InChI=1S/C23H22ClFN2O4/c1-15-10-21-19(12-20(15)24)16(11-23(29)31-21)13-26-6-8-27(9-7-26)22(28)14-30-18-4-2-17(25)3-5-18/h2-5,10-12H,6-9,13-14H2,1H3. The monoisotopic (exact) mass is 444 g/mol. The second-order valence-corrected chi connectivity index (χ2v) is 7.99. The van der Waals surface area contributed by atoms with Crippen molar-refractivity contribution in [3.05, 3.63) is 74.9 Å². The molecule has 31 heavy (non-hydrogen) atoms. The van der Waals surface area contributed by atoms with Gasteiger partial charge in [0, 0.05) is 49.2 Å². The summed E-state index contributed by atoms with van der Waals surface area (Å²) in [7, 11) is 0. The summed E-state index contributed by atoms with van der Waals surface area (Å²) in [5, 5.41) is 1.44. The lowest BCUT2D eigenvalue weighted by molar-refractivity contribution is -0.135. The van der Waals surface area contributed by atoms with Gasteiger partial charge in [0.1, 0.15) is 17.1 Å². The van der Waals surface area contributed by atoms with E-state index in [-0.39, 0.29) is 18.3 Å². The molecule has 1 amide bonds. The van der Waals surface area contributed by atoms with E-state index in [1.807, 2.05) is 13.0 Å². The van der Waals surface area contributed by atoms with E-state index in [4.69, 9.17) is 20.8 Å². The normalized spacial score (nSPS) is 14.7. The van der Waals surface area contributed by atoms with Crippen LogP contribution in [0.15, 0.2) is 51.7 Å². The minimum absolute atomic E-state index is 0.0894. The van der Waals surface area contributed by atoms with Crippen molar-refractivity contribution < 1.29 is 18.3 Å². The van der Waals surface area contributed by atoms with Gasteiger partial charge in [0.15, 0.2) is 6.61 Å². The van der Waals surface area contributed by atoms with Gasteiger partial charge in [-0.05, 0) is 54.4 Å². The number of rotatable bonds is 5. The van der Waals surface area contributed by atoms with Crippen LogP contribution in [0.3, 0.4) is 0 Å². The van der Waals surface area contributed by atoms with Crippen LogP contribution < -0.4 is 10.4 Å². The molecule has 2 aromatic carbocycles. The summed E-state index contributed by atoms with van der Waals surface area (Å²) < 4.78 is 23.7. The van der Waals surface area contributed by atoms with Crippen LogP contribution in [0.25, 0.3) is 11.0 Å². The Bertz CT molecular complexity index is 1150. The van der Waals surface area contributed by atoms with E-state index in [1.165, 1.54) is 30.3 Å². The fourth-order valence-electron chi connectivity index (χ4n) is 3.64. The molecule has 3 aromatic rings. The Balaban J connectivity index is 1.36. The van der Waals surface area contributed by atoms with Crippen molar-refractivity contribution in [2.45, 2.75) is 13.5 Å². The van der Waals surface area contributed by atoms with Crippen LogP contribution in [0.4, 0.5) is 4.39 Å². The number of amides is 1. The van der Waals surface area contributed by atoms with E-state index in [2.05, 4.69) is 4.90 Å². The van der Waals surface area contributed by atoms with Crippen molar-refractivity contribution in [1.82, 2.24) is 9.80 Å². The third kappa shape index (κ3) is 5.06. The molecule has 0 aliphatic carbocycles. The Morgan fingerprint density at radius 3 is 2.55 bits per heavy atom. The zero-order chi connectivity index (χ0) is 22.0. The van der Waals surface area contributed by atoms with Gasteiger partial charge in [-0.15, -0.1) is 0 Å². The van der Waals surface area contributed by atoms with Crippen LogP contribution >= 0.6 is 11.6 Å². The first-order valence-corrected chi connectivity index (χ1v) is 10.4. The zero-order valence-corrected chi connectivity index (χ0v) is 17.8. The van der Waals surface area contributed by atoms with Crippen LogP contribution in [0.2, 0.25) is 5.02 Å². The van der Waals surface area contributed by atoms with Gasteiger partial charge in [0.05, 0.1) is 0 Å². The highest BCUT2D eigenvalue weighted by molar-refractivity contribution is 6.32. The first-order valence-electron chi connectivity index (χ1n) is 10.0. The summed E-state index contributed by atoms with van der Waals surface area (Å²) in [5.74, 6) is -0.00900. The van der Waals surface area contributed by atoms with Crippen molar-refractivity contribution in [2.75, 3.05) is 32.8 Å². The number of ether oxygens (including phenoxy) is 1. The predicted molar refractivity (Wildman–Crippen MR) is 116 cm³/mol. The molecule has 2 heterocycles. The maximum Gasteiger partial charge on any atom is 0.336 e. The highest BCUT2D eigenvalue weighted by Gasteiger charge is 2.22. The lowest BCUT2D eigenvalue weighted by Gasteiger charge is -2.34. The summed E-state index contributed by atoms with van der Waals surface area (Å²) in [5.41, 5.74) is 1.84. The van der Waals surface area contributed by atoms with Crippen LogP contribution in [-0.2, 0) is 11.3 Å². The van der Waals surface area contributed by atoms with E-state index < -0.39 is 5.63 Å². The molecule has 0 radical (unpaired) electrons. The van der Waals surface area contributed by atoms with Gasteiger partial charge in [-0.25, -0.2) is 9.18 Å². The molecule has 162 valence electrons. The predicted octanol–water partition coefficient (Wildman–Crippen LogP) is 3.62. The fourth-order valence-corrected chi connectivity index (χ4v) is 3.81. The molecule has 1 aliphatic heterocycles. The molecule has 4 rings (SSSR count). The molecule has 1 fully saturated rings. The zero-order valence-electron chi connectivity index (χ0n) is 17.1. The molecule has 1 aromatic heterocycles. The molecule has 1 saturated heterocycles. The topological polar surface area (TPSA) is 63.0 Å². The molecule has 1 aliphatic rings. The van der Waals surface area contributed by atoms with Crippen molar-refractivity contribution in [1.29, 1.82) is 0 Å². The Hall–Kier alpha value is -2.90. The fraction of sp³-hybridized carbons (Fsp3) is 0.304. The van der Waals surface area contributed by atoms with E-state index in [0.717, 1.165) is 16.5 Å². The molecule has 0 saturated carbocycles. The van der Waals surface area contributed by atoms with E-state index >= 15 is 0 Å². The average molecular weight is 445 g/mol. The summed E-state index contributed by atoms with van der Waals surface area (Å²) in [6.07, 6.45) is 0. The number of hydrogen-bond donors (Lipinski definition) is 0. The van der Waals surface area contributed by atoms with Gasteiger partial charge in [-0.1, -0.05) is 11.6 Å². The summed E-state index contributed by atoms with van der Waals surface area (Å²) in [6.45, 7) is 4.80. The van der Waals surface area contributed by atoms with Crippen molar-refractivity contribution in [3.63, 3.8) is 0 Å². The quantitative estimate of drug-likeness (QED) is 0.562. The second-order valence-electron chi connectivity index (χ2n) is 7.59. The van der Waals surface area contributed by atoms with Gasteiger partial charge >= 0.3 is 5.63 Å². The number of nitrogens with zero attached hydrogens (tertiary/aromatic N) is 2. The Labute approximate surface area is 183 Å². The first kappa shape index (κ1) is 21.3. The average Bonchev–Trinajstić information content (AvgIpc) is 2.75. The maximum atomic E-state index is 13.0. The molecule has 8 heteroatoms. The Kier molecular flexibility index (Phi) is 6.25. The van der Waals surface area contributed by atoms with Gasteiger partial charge < -0.3 is 14.1 Å². The Morgan fingerprint density at radius 1 is 1.13 bits per heavy atom. The molecular weight excluding hydrogens is 423 g/mol. The molecule has 0 N–H and O–H groups in total. The van der Waals surface area contributed by atoms with Crippen molar-refractivity contribution >= 4 is 28.5 Å². The third-order valence-electron chi connectivity index (χ3n) is 5.40. The number of fused-ring (bicyclic) bond motifs is 1. The molecule has 0 atom stereocenters. The second kappa shape index (κ2) is 9.08. The lowest BCUT2D eigenvalue weighted by atomic mass is 10.1. The van der Waals surface area contributed by atoms with Crippen molar-refractivity contribution in [2.24, 2.45) is 0 Å². The van der Waals surface area contributed by atoms with Crippen LogP contribution in [0.5, 0.6) is 5.75 Å². The largest absolute Gasteiger partial charge is 0.484 e.